The predicted molar refractivity (Wildman–Crippen MR) is 161 cm³/mol. The fourth-order valence-corrected chi connectivity index (χ4v) is 8.52. The Kier molecular flexibility index (Phi) is 7.20. The molecule has 1 N–H and O–H groups in total. The number of imide groups is 1. The number of nitrogens with zero attached hydrogens (tertiary/aromatic N) is 2. The van der Waals surface area contributed by atoms with Gasteiger partial charge in [0.05, 0.1) is 16.6 Å². The Hall–Kier alpha value is -3.18. The van der Waals surface area contributed by atoms with Gasteiger partial charge in [-0.05, 0) is 60.5 Å². The highest BCUT2D eigenvalue weighted by atomic mass is 79.9. The second-order valence-electron chi connectivity index (χ2n) is 9.57. The lowest BCUT2D eigenvalue weighted by atomic mass is 9.83. The lowest BCUT2D eigenvalue weighted by molar-refractivity contribution is -0.122. The van der Waals surface area contributed by atoms with Crippen LogP contribution in [0.15, 0.2) is 87.1 Å². The Balaban J connectivity index is 1.42. The number of thioether (sulfide) groups is 1. The van der Waals surface area contributed by atoms with Crippen molar-refractivity contribution >= 4 is 79.7 Å². The van der Waals surface area contributed by atoms with E-state index in [0.29, 0.717) is 26.3 Å². The average molecular weight is 655 g/mol. The molecule has 2 aliphatic rings. The first-order chi connectivity index (χ1) is 19.2. The van der Waals surface area contributed by atoms with Crippen molar-refractivity contribution in [3.8, 4) is 0 Å². The van der Waals surface area contributed by atoms with Crippen molar-refractivity contribution in [3.05, 3.63) is 108 Å². The van der Waals surface area contributed by atoms with Crippen molar-refractivity contribution in [2.24, 2.45) is 5.92 Å². The topological polar surface area (TPSA) is 88.5 Å². The molecule has 3 amide bonds. The maximum Gasteiger partial charge on any atom is 0.308 e. The number of hydrogen-bond acceptors (Lipinski definition) is 6. The highest BCUT2D eigenvalue weighted by molar-refractivity contribution is 9.10. The number of benzene rings is 3. The van der Waals surface area contributed by atoms with Crippen molar-refractivity contribution in [1.82, 2.24) is 4.57 Å². The Morgan fingerprint density at radius 1 is 1.00 bits per heavy atom. The van der Waals surface area contributed by atoms with Crippen molar-refractivity contribution in [2.45, 2.75) is 29.7 Å². The van der Waals surface area contributed by atoms with Gasteiger partial charge in [0.2, 0.25) is 17.7 Å². The summed E-state index contributed by atoms with van der Waals surface area (Å²) in [7, 11) is 0. The number of hydrogen-bond donors (Lipinski definition) is 1. The smallest absolute Gasteiger partial charge is 0.308 e. The molecule has 0 unspecified atom stereocenters. The van der Waals surface area contributed by atoms with Crippen LogP contribution in [0, 0.1) is 12.8 Å². The predicted octanol–water partition coefficient (Wildman–Crippen LogP) is 6.07. The molecule has 40 heavy (non-hydrogen) atoms. The van der Waals surface area contributed by atoms with Gasteiger partial charge in [-0.2, -0.15) is 0 Å². The summed E-state index contributed by atoms with van der Waals surface area (Å²) >= 11 is 11.8. The van der Waals surface area contributed by atoms with Crippen LogP contribution in [0.4, 0.5) is 11.4 Å². The molecule has 2 aliphatic heterocycles. The number of aromatic nitrogens is 1. The van der Waals surface area contributed by atoms with Gasteiger partial charge in [-0.3, -0.25) is 23.7 Å². The van der Waals surface area contributed by atoms with E-state index in [0.717, 1.165) is 26.9 Å². The van der Waals surface area contributed by atoms with Gasteiger partial charge in [-0.1, -0.05) is 81.0 Å². The molecule has 3 heterocycles. The summed E-state index contributed by atoms with van der Waals surface area (Å²) in [5.74, 6) is -2.30. The van der Waals surface area contributed by atoms with Crippen LogP contribution in [-0.4, -0.2) is 27.5 Å². The molecule has 0 radical (unpaired) electrons. The number of nitrogens with one attached hydrogen (secondary N) is 1. The minimum absolute atomic E-state index is 0.211. The molecule has 4 aromatic rings. The van der Waals surface area contributed by atoms with Crippen LogP contribution < -0.4 is 15.1 Å². The van der Waals surface area contributed by atoms with Crippen LogP contribution in [0.5, 0.6) is 0 Å². The summed E-state index contributed by atoms with van der Waals surface area (Å²) in [6.07, 6.45) is 0. The zero-order chi connectivity index (χ0) is 28.1. The largest absolute Gasteiger partial charge is 0.324 e. The van der Waals surface area contributed by atoms with Gasteiger partial charge in [0, 0.05) is 26.0 Å². The number of anilines is 2. The lowest BCUT2D eigenvalue weighted by Crippen LogP contribution is -2.33. The number of carbonyl (C=O) groups excluding carboxylic acids is 3. The summed E-state index contributed by atoms with van der Waals surface area (Å²) in [6.45, 7) is 1.68. The van der Waals surface area contributed by atoms with E-state index in [1.807, 2.05) is 49.4 Å². The molecule has 0 aliphatic carbocycles. The molecule has 7 nitrogen and oxygen atoms in total. The van der Waals surface area contributed by atoms with E-state index >= 15 is 0 Å². The zero-order valence-corrected chi connectivity index (χ0v) is 24.9. The number of thiazole rings is 1. The second kappa shape index (κ2) is 10.7. The number of halogens is 2. The van der Waals surface area contributed by atoms with Gasteiger partial charge in [-0.25, -0.2) is 4.90 Å². The molecule has 1 aromatic heterocycles. The van der Waals surface area contributed by atoms with E-state index in [1.54, 1.807) is 30.3 Å². The van der Waals surface area contributed by atoms with E-state index in [9.17, 15) is 19.2 Å². The molecule has 1 saturated heterocycles. The van der Waals surface area contributed by atoms with Crippen molar-refractivity contribution in [1.29, 1.82) is 0 Å². The third-order valence-corrected chi connectivity index (χ3v) is 10.4. The van der Waals surface area contributed by atoms with Crippen molar-refractivity contribution in [3.63, 3.8) is 0 Å². The first-order valence-electron chi connectivity index (χ1n) is 12.4. The van der Waals surface area contributed by atoms with E-state index in [-0.39, 0.29) is 29.1 Å². The molecule has 3 atom stereocenters. The van der Waals surface area contributed by atoms with E-state index in [1.165, 1.54) is 21.2 Å². The molecule has 6 rings (SSSR count). The van der Waals surface area contributed by atoms with E-state index in [4.69, 9.17) is 11.6 Å². The normalized spacial score (nSPS) is 19.9. The number of carbonyl (C=O) groups is 3. The average Bonchev–Trinajstić information content (AvgIpc) is 3.36. The van der Waals surface area contributed by atoms with Crippen LogP contribution in [0.25, 0.3) is 0 Å². The van der Waals surface area contributed by atoms with Crippen LogP contribution in [0.3, 0.4) is 0 Å². The number of fused-ring (bicyclic) bond motifs is 2. The summed E-state index contributed by atoms with van der Waals surface area (Å²) in [4.78, 5) is 55.6. The molecule has 11 heteroatoms. The Labute approximate surface area is 251 Å². The zero-order valence-electron chi connectivity index (χ0n) is 21.0. The van der Waals surface area contributed by atoms with Crippen LogP contribution in [-0.2, 0) is 20.9 Å². The Morgan fingerprint density at radius 3 is 2.48 bits per heavy atom. The summed E-state index contributed by atoms with van der Waals surface area (Å²) in [6, 6.07) is 21.5. The minimum atomic E-state index is -0.765. The number of rotatable bonds is 5. The summed E-state index contributed by atoms with van der Waals surface area (Å²) < 4.78 is 2.24. The molecule has 1 fully saturated rings. The SMILES string of the molecule is Cc1ccccc1NC(=O)Cn1c2c(sc1=O)[C@@H](c1cccc(Br)c1)[C@@H]1C(=O)N(c3ccc(Cl)cc3)C(=O)[C@@H]1S2. The molecule has 0 spiro atoms. The number of para-hydroxylation sites is 1. The Morgan fingerprint density at radius 2 is 1.75 bits per heavy atom. The molecule has 3 aromatic carbocycles. The maximum absolute atomic E-state index is 13.9. The summed E-state index contributed by atoms with van der Waals surface area (Å²) in [5.41, 5.74) is 2.82. The minimum Gasteiger partial charge on any atom is -0.324 e. The van der Waals surface area contributed by atoms with Gasteiger partial charge in [0.15, 0.2) is 0 Å². The Bertz CT molecular complexity index is 1740. The van der Waals surface area contributed by atoms with Crippen LogP contribution >= 0.6 is 50.6 Å². The summed E-state index contributed by atoms with van der Waals surface area (Å²) in [5, 5.41) is 3.15. The molecular weight excluding hydrogens is 634 g/mol. The van der Waals surface area contributed by atoms with Gasteiger partial charge in [0.25, 0.3) is 0 Å². The second-order valence-corrected chi connectivity index (χ2v) is 13.0. The van der Waals surface area contributed by atoms with E-state index in [2.05, 4.69) is 21.2 Å². The van der Waals surface area contributed by atoms with Gasteiger partial charge < -0.3 is 5.32 Å². The third kappa shape index (κ3) is 4.72. The fraction of sp³-hybridized carbons (Fsp3) is 0.172. The standard InChI is InChI=1S/C29H21BrClN3O4S2/c1-15-5-2-3-8-20(15)32-21(35)14-33-28-25(40-29(33)38)22(16-6-4-7-17(30)13-16)23-24(39-28)27(37)34(26(23)36)19-11-9-18(31)10-12-19/h2-13,22-24H,14H2,1H3,(H,32,35)/t22-,23-,24+/m0/s1. The third-order valence-electron chi connectivity index (χ3n) is 7.06. The van der Waals surface area contributed by atoms with Gasteiger partial charge in [-0.15, -0.1) is 0 Å². The highest BCUT2D eigenvalue weighted by Gasteiger charge is 2.56. The maximum atomic E-state index is 13.9. The fourth-order valence-electron chi connectivity index (χ4n) is 5.21. The lowest BCUT2D eigenvalue weighted by Gasteiger charge is -2.30. The highest BCUT2D eigenvalue weighted by Crippen LogP contribution is 2.54. The first kappa shape index (κ1) is 27.0. The molecular formula is C29H21BrClN3O4S2. The van der Waals surface area contributed by atoms with Crippen molar-refractivity contribution in [2.75, 3.05) is 10.2 Å². The quantitative estimate of drug-likeness (QED) is 0.264. The molecule has 202 valence electrons. The van der Waals surface area contributed by atoms with Crippen molar-refractivity contribution < 1.29 is 14.4 Å². The van der Waals surface area contributed by atoms with Crippen LogP contribution in [0.2, 0.25) is 5.02 Å². The van der Waals surface area contributed by atoms with Gasteiger partial charge >= 0.3 is 4.87 Å². The first-order valence-corrected chi connectivity index (χ1v) is 15.2. The number of aryl methyl sites for hydroxylation is 1. The monoisotopic (exact) mass is 653 g/mol. The van der Waals surface area contributed by atoms with E-state index < -0.39 is 17.1 Å². The molecule has 0 saturated carbocycles. The van der Waals surface area contributed by atoms with Gasteiger partial charge in [0.1, 0.15) is 11.8 Å². The molecule has 0 bridgehead atoms. The van der Waals surface area contributed by atoms with Crippen LogP contribution in [0.1, 0.15) is 21.9 Å². The number of amides is 3.